The van der Waals surface area contributed by atoms with Crippen LogP contribution in [-0.4, -0.2) is 51.2 Å². The van der Waals surface area contributed by atoms with Gasteiger partial charge in [-0.3, -0.25) is 4.79 Å². The van der Waals surface area contributed by atoms with Crippen LogP contribution in [0.4, 0.5) is 0 Å². The molecule has 0 radical (unpaired) electrons. The lowest BCUT2D eigenvalue weighted by atomic mass is 10.1. The average Bonchev–Trinajstić information content (AvgIpc) is 3.24. The van der Waals surface area contributed by atoms with Gasteiger partial charge in [-0.25, -0.2) is 13.1 Å². The highest BCUT2D eigenvalue weighted by molar-refractivity contribution is 7.89. The fraction of sp³-hybridized carbons (Fsp3) is 0.562. The molecule has 1 aromatic carbocycles. The lowest BCUT2D eigenvalue weighted by Crippen LogP contribution is -2.34. The van der Waals surface area contributed by atoms with Crippen LogP contribution < -0.4 is 15.4 Å². The largest absolute Gasteiger partial charge is 0.391 e. The molecular weight excluding hydrogens is 366 g/mol. The van der Waals surface area contributed by atoms with E-state index >= 15 is 0 Å². The Hall–Kier alpha value is -1.19. The monoisotopic (exact) mass is 389 g/mol. The highest BCUT2D eigenvalue weighted by Gasteiger charge is 2.29. The van der Waals surface area contributed by atoms with Crippen LogP contribution in [0.2, 0.25) is 0 Å². The first-order chi connectivity index (χ1) is 11.4. The number of benzene rings is 1. The van der Waals surface area contributed by atoms with E-state index in [9.17, 15) is 18.3 Å². The third kappa shape index (κ3) is 4.92. The van der Waals surface area contributed by atoms with Gasteiger partial charge in [-0.2, -0.15) is 0 Å². The fourth-order valence-corrected chi connectivity index (χ4v) is 4.08. The maximum Gasteiger partial charge on any atom is 0.251 e. The summed E-state index contributed by atoms with van der Waals surface area (Å²) in [4.78, 5) is 12.5. The summed E-state index contributed by atoms with van der Waals surface area (Å²) in [5.74, 6) is -0.354. The molecule has 2 aliphatic rings. The molecule has 3 rings (SSSR count). The van der Waals surface area contributed by atoms with Crippen molar-refractivity contribution in [2.45, 2.75) is 36.8 Å². The molecule has 25 heavy (non-hydrogen) atoms. The highest BCUT2D eigenvalue weighted by Crippen LogP contribution is 2.23. The Morgan fingerprint density at radius 2 is 2.04 bits per heavy atom. The number of carbonyl (C=O) groups is 1. The third-order valence-corrected chi connectivity index (χ3v) is 6.01. The van der Waals surface area contributed by atoms with Gasteiger partial charge in [-0.15, -0.1) is 12.4 Å². The summed E-state index contributed by atoms with van der Waals surface area (Å²) in [6.07, 6.45) is 1.24. The highest BCUT2D eigenvalue weighted by atomic mass is 35.5. The van der Waals surface area contributed by atoms with Crippen molar-refractivity contribution < 1.29 is 18.3 Å². The minimum absolute atomic E-state index is 0. The predicted molar refractivity (Wildman–Crippen MR) is 96.5 cm³/mol. The van der Waals surface area contributed by atoms with E-state index in [-0.39, 0.29) is 35.2 Å². The number of carbonyl (C=O) groups excluding carboxylic acids is 1. The minimum Gasteiger partial charge on any atom is -0.391 e. The molecule has 2 unspecified atom stereocenters. The lowest BCUT2D eigenvalue weighted by Gasteiger charge is -2.15. The molecule has 1 aliphatic carbocycles. The summed E-state index contributed by atoms with van der Waals surface area (Å²) in [7, 11) is -3.59. The first kappa shape index (κ1) is 20.1. The number of hydrogen-bond donors (Lipinski definition) is 4. The molecule has 9 heteroatoms. The smallest absolute Gasteiger partial charge is 0.251 e. The van der Waals surface area contributed by atoms with Crippen molar-refractivity contribution >= 4 is 28.3 Å². The number of β-amino-alcohol motifs (C(OH)–C–C–N with tert-alkyl or cyclic N) is 1. The van der Waals surface area contributed by atoms with Gasteiger partial charge < -0.3 is 15.7 Å². The van der Waals surface area contributed by atoms with Gasteiger partial charge in [0.2, 0.25) is 10.0 Å². The molecule has 0 spiro atoms. The van der Waals surface area contributed by atoms with Crippen LogP contribution in [-0.2, 0) is 10.0 Å². The zero-order chi connectivity index (χ0) is 17.3. The quantitative estimate of drug-likeness (QED) is 0.554. The summed E-state index contributed by atoms with van der Waals surface area (Å²) in [5.41, 5.74) is 1.05. The zero-order valence-electron chi connectivity index (χ0n) is 14.0. The number of aliphatic hydroxyl groups excluding tert-OH is 1. The molecule has 1 saturated heterocycles. The Labute approximate surface area is 154 Å². The van der Waals surface area contributed by atoms with Crippen molar-refractivity contribution in [3.05, 3.63) is 29.3 Å². The maximum absolute atomic E-state index is 12.4. The number of amides is 1. The van der Waals surface area contributed by atoms with E-state index in [1.807, 2.05) is 0 Å². The Morgan fingerprint density at radius 3 is 2.64 bits per heavy atom. The van der Waals surface area contributed by atoms with Crippen molar-refractivity contribution in [2.75, 3.05) is 19.6 Å². The number of aliphatic hydroxyl groups is 1. The molecule has 0 bridgehead atoms. The van der Waals surface area contributed by atoms with Gasteiger partial charge in [0.25, 0.3) is 5.91 Å². The van der Waals surface area contributed by atoms with Gasteiger partial charge in [0, 0.05) is 37.2 Å². The van der Waals surface area contributed by atoms with Crippen molar-refractivity contribution in [3.63, 3.8) is 0 Å². The second kappa shape index (κ2) is 8.01. The van der Waals surface area contributed by atoms with Gasteiger partial charge in [0.1, 0.15) is 0 Å². The van der Waals surface area contributed by atoms with Crippen LogP contribution in [0.25, 0.3) is 0 Å². The van der Waals surface area contributed by atoms with Crippen LogP contribution in [0.3, 0.4) is 0 Å². The Balaban J connectivity index is 0.00000225. The van der Waals surface area contributed by atoms with E-state index in [1.54, 1.807) is 13.0 Å². The normalized spacial score (nSPS) is 23.1. The minimum atomic E-state index is -3.59. The lowest BCUT2D eigenvalue weighted by molar-refractivity contribution is 0.0926. The standard InChI is InChI=1S/C16H23N3O4S.ClH/c1-10-2-5-13(24(22,23)19-12-3-4-12)6-14(10)16(21)18-8-11-7-17-9-15(11)20;/h2,5-6,11-12,15,17,19-20H,3-4,7-9H2,1H3,(H,18,21);1H. The number of hydrogen-bond acceptors (Lipinski definition) is 5. The molecule has 1 heterocycles. The second-order valence-corrected chi connectivity index (χ2v) is 8.28. The molecule has 140 valence electrons. The van der Waals surface area contributed by atoms with Gasteiger partial charge >= 0.3 is 0 Å². The van der Waals surface area contributed by atoms with Crippen LogP contribution in [0.1, 0.15) is 28.8 Å². The fourth-order valence-electron chi connectivity index (χ4n) is 2.75. The Bertz CT molecular complexity index is 737. The molecule has 0 aromatic heterocycles. The molecular formula is C16H24ClN3O4S. The van der Waals surface area contributed by atoms with Crippen LogP contribution in [0.5, 0.6) is 0 Å². The molecule has 2 fully saturated rings. The third-order valence-electron chi connectivity index (χ3n) is 4.49. The molecule has 2 atom stereocenters. The summed E-state index contributed by atoms with van der Waals surface area (Å²) in [5, 5.41) is 15.6. The number of halogens is 1. The Morgan fingerprint density at radius 1 is 1.32 bits per heavy atom. The van der Waals surface area contributed by atoms with Gasteiger partial charge in [-0.1, -0.05) is 6.07 Å². The van der Waals surface area contributed by atoms with Crippen LogP contribution >= 0.6 is 12.4 Å². The van der Waals surface area contributed by atoms with Crippen LogP contribution in [0.15, 0.2) is 23.1 Å². The molecule has 4 N–H and O–H groups in total. The first-order valence-electron chi connectivity index (χ1n) is 8.17. The summed E-state index contributed by atoms with van der Waals surface area (Å²) >= 11 is 0. The first-order valence-corrected chi connectivity index (χ1v) is 9.65. The Kier molecular flexibility index (Phi) is 6.45. The van der Waals surface area contributed by atoms with Crippen molar-refractivity contribution in [2.24, 2.45) is 5.92 Å². The van der Waals surface area contributed by atoms with Gasteiger partial charge in [0.15, 0.2) is 0 Å². The van der Waals surface area contributed by atoms with E-state index in [1.165, 1.54) is 12.1 Å². The van der Waals surface area contributed by atoms with E-state index in [0.29, 0.717) is 30.8 Å². The zero-order valence-corrected chi connectivity index (χ0v) is 15.6. The summed E-state index contributed by atoms with van der Waals surface area (Å²) < 4.78 is 27.2. The van der Waals surface area contributed by atoms with Crippen molar-refractivity contribution in [1.82, 2.24) is 15.4 Å². The van der Waals surface area contributed by atoms with E-state index in [4.69, 9.17) is 0 Å². The SMILES string of the molecule is Cc1ccc(S(=O)(=O)NC2CC2)cc1C(=O)NCC1CNCC1O.Cl. The molecule has 1 saturated carbocycles. The molecule has 1 aromatic rings. The van der Waals surface area contributed by atoms with E-state index < -0.39 is 16.1 Å². The van der Waals surface area contributed by atoms with Crippen molar-refractivity contribution in [1.29, 1.82) is 0 Å². The van der Waals surface area contributed by atoms with Gasteiger partial charge in [0.05, 0.1) is 11.0 Å². The number of rotatable bonds is 6. The second-order valence-electron chi connectivity index (χ2n) is 6.57. The molecule has 1 aliphatic heterocycles. The molecule has 7 nitrogen and oxygen atoms in total. The summed E-state index contributed by atoms with van der Waals surface area (Å²) in [6.45, 7) is 3.30. The number of nitrogens with one attached hydrogen (secondary N) is 3. The van der Waals surface area contributed by atoms with Crippen molar-refractivity contribution in [3.8, 4) is 0 Å². The van der Waals surface area contributed by atoms with Gasteiger partial charge in [-0.05, 0) is 37.5 Å². The van der Waals surface area contributed by atoms with Crippen LogP contribution in [0, 0.1) is 12.8 Å². The average molecular weight is 390 g/mol. The predicted octanol–water partition coefficient (Wildman–Crippen LogP) is 0.168. The summed E-state index contributed by atoms with van der Waals surface area (Å²) in [6, 6.07) is 4.59. The number of aryl methyl sites for hydroxylation is 1. The molecule has 1 amide bonds. The van der Waals surface area contributed by atoms with E-state index in [0.717, 1.165) is 12.8 Å². The maximum atomic E-state index is 12.4. The van der Waals surface area contributed by atoms with E-state index in [2.05, 4.69) is 15.4 Å². The number of sulfonamides is 1. The topological polar surface area (TPSA) is 108 Å².